The largest absolute Gasteiger partial charge is 0.420 e. The third-order valence-electron chi connectivity index (χ3n) is 2.65. The molecule has 0 heterocycles. The summed E-state index contributed by atoms with van der Waals surface area (Å²) in [5.41, 5.74) is 0. The zero-order valence-electron chi connectivity index (χ0n) is 11.9. The molecule has 0 N–H and O–H groups in total. The van der Waals surface area contributed by atoms with Gasteiger partial charge < -0.3 is 9.47 Å². The molecule has 2 aromatic rings. The van der Waals surface area contributed by atoms with Crippen molar-refractivity contribution in [2.24, 2.45) is 0 Å². The van der Waals surface area contributed by atoms with Crippen LogP contribution in [0.15, 0.2) is 24.3 Å². The Kier molecular flexibility index (Phi) is 5.30. The molecule has 0 saturated carbocycles. The molecule has 132 valence electrons. The van der Waals surface area contributed by atoms with Crippen molar-refractivity contribution in [2.45, 2.75) is 6.42 Å². The van der Waals surface area contributed by atoms with Crippen molar-refractivity contribution in [3.05, 3.63) is 59.2 Å². The van der Waals surface area contributed by atoms with Crippen LogP contribution < -0.4 is 9.47 Å². The molecule has 0 atom stereocenters. The molecule has 2 rings (SSSR count). The Balaban J connectivity index is 2.06. The second-order valence-corrected chi connectivity index (χ2v) is 4.52. The number of esters is 2. The molecule has 0 radical (unpaired) electrons. The Hall–Kier alpha value is -3.04. The molecular weight excluding hydrogens is 358 g/mol. The molecule has 2 aromatic carbocycles. The van der Waals surface area contributed by atoms with Crippen molar-refractivity contribution in [1.29, 1.82) is 0 Å². The summed E-state index contributed by atoms with van der Waals surface area (Å²) in [7, 11) is 0. The van der Waals surface area contributed by atoms with Crippen LogP contribution in [0, 0.1) is 34.9 Å². The third kappa shape index (κ3) is 4.49. The minimum Gasteiger partial charge on any atom is -0.420 e. The summed E-state index contributed by atoms with van der Waals surface area (Å²) in [5, 5.41) is 0. The van der Waals surface area contributed by atoms with Crippen LogP contribution in [0.5, 0.6) is 11.5 Å². The predicted octanol–water partition coefficient (Wildman–Crippen LogP) is 3.42. The van der Waals surface area contributed by atoms with Crippen LogP contribution in [0.4, 0.5) is 26.3 Å². The molecular formula is C15H6F6O4. The number of ether oxygens (including phenoxy) is 2. The molecule has 0 fully saturated rings. The van der Waals surface area contributed by atoms with Crippen molar-refractivity contribution in [3.63, 3.8) is 0 Å². The van der Waals surface area contributed by atoms with Gasteiger partial charge in [0.2, 0.25) is 11.5 Å². The van der Waals surface area contributed by atoms with E-state index in [0.29, 0.717) is 0 Å². The molecule has 0 aliphatic rings. The molecule has 4 nitrogen and oxygen atoms in total. The molecule has 0 saturated heterocycles. The second-order valence-electron chi connectivity index (χ2n) is 4.52. The summed E-state index contributed by atoms with van der Waals surface area (Å²) in [6.45, 7) is 0. The normalized spacial score (nSPS) is 10.5. The number of halogens is 6. The zero-order chi connectivity index (χ0) is 18.7. The topological polar surface area (TPSA) is 52.6 Å². The fourth-order valence-corrected chi connectivity index (χ4v) is 1.67. The fourth-order valence-electron chi connectivity index (χ4n) is 1.67. The molecule has 0 unspecified atom stereocenters. The van der Waals surface area contributed by atoms with Gasteiger partial charge in [0.15, 0.2) is 23.3 Å². The summed E-state index contributed by atoms with van der Waals surface area (Å²) in [5.74, 6) is -14.3. The molecule has 0 amide bonds. The SMILES string of the molecule is O=C(CC(=O)Oc1c(F)cc(F)cc1F)Oc1c(F)cc(F)cc1F. The Labute approximate surface area is 135 Å². The van der Waals surface area contributed by atoms with Crippen LogP contribution >= 0.6 is 0 Å². The highest BCUT2D eigenvalue weighted by Gasteiger charge is 2.22. The zero-order valence-corrected chi connectivity index (χ0v) is 11.9. The fraction of sp³-hybridized carbons (Fsp3) is 0.0667. The van der Waals surface area contributed by atoms with Crippen LogP contribution in [-0.2, 0) is 9.59 Å². The Morgan fingerprint density at radius 2 is 0.920 bits per heavy atom. The van der Waals surface area contributed by atoms with Gasteiger partial charge in [0.05, 0.1) is 0 Å². The lowest BCUT2D eigenvalue weighted by molar-refractivity contribution is -0.144. The third-order valence-corrected chi connectivity index (χ3v) is 2.65. The highest BCUT2D eigenvalue weighted by molar-refractivity contribution is 5.93. The average Bonchev–Trinajstić information content (AvgIpc) is 2.46. The van der Waals surface area contributed by atoms with Crippen molar-refractivity contribution in [1.82, 2.24) is 0 Å². The van der Waals surface area contributed by atoms with E-state index in [4.69, 9.17) is 0 Å². The van der Waals surface area contributed by atoms with Crippen molar-refractivity contribution < 1.29 is 45.4 Å². The van der Waals surface area contributed by atoms with Crippen LogP contribution in [-0.4, -0.2) is 11.9 Å². The Morgan fingerprint density at radius 1 is 0.640 bits per heavy atom. The Bertz CT molecular complexity index is 736. The summed E-state index contributed by atoms with van der Waals surface area (Å²) < 4.78 is 87.0. The summed E-state index contributed by atoms with van der Waals surface area (Å²) >= 11 is 0. The first-order valence-electron chi connectivity index (χ1n) is 6.38. The molecule has 10 heteroatoms. The van der Waals surface area contributed by atoms with Crippen LogP contribution in [0.2, 0.25) is 0 Å². The maximum atomic E-state index is 13.3. The van der Waals surface area contributed by atoms with Gasteiger partial charge in [0, 0.05) is 24.3 Å². The van der Waals surface area contributed by atoms with Gasteiger partial charge in [0.1, 0.15) is 18.1 Å². The number of hydrogen-bond acceptors (Lipinski definition) is 4. The van der Waals surface area contributed by atoms with E-state index in [1.807, 2.05) is 0 Å². The van der Waals surface area contributed by atoms with Gasteiger partial charge in [-0.25, -0.2) is 26.3 Å². The van der Waals surface area contributed by atoms with Gasteiger partial charge in [-0.2, -0.15) is 0 Å². The molecule has 0 spiro atoms. The van der Waals surface area contributed by atoms with E-state index < -0.39 is 64.8 Å². The maximum Gasteiger partial charge on any atom is 0.322 e. The highest BCUT2D eigenvalue weighted by Crippen LogP contribution is 2.25. The van der Waals surface area contributed by atoms with Crippen LogP contribution in [0.3, 0.4) is 0 Å². The molecule has 25 heavy (non-hydrogen) atoms. The monoisotopic (exact) mass is 364 g/mol. The van der Waals surface area contributed by atoms with Crippen LogP contribution in [0.1, 0.15) is 6.42 Å². The van der Waals surface area contributed by atoms with E-state index in [2.05, 4.69) is 9.47 Å². The molecule has 0 aliphatic carbocycles. The van der Waals surface area contributed by atoms with E-state index in [1.165, 1.54) is 0 Å². The minimum atomic E-state index is -1.55. The van der Waals surface area contributed by atoms with E-state index in [1.54, 1.807) is 0 Å². The number of rotatable bonds is 4. The Morgan fingerprint density at radius 3 is 1.20 bits per heavy atom. The lowest BCUT2D eigenvalue weighted by Gasteiger charge is -2.08. The van der Waals surface area contributed by atoms with Gasteiger partial charge in [-0.15, -0.1) is 0 Å². The van der Waals surface area contributed by atoms with Crippen molar-refractivity contribution in [2.75, 3.05) is 0 Å². The van der Waals surface area contributed by atoms with Gasteiger partial charge >= 0.3 is 11.9 Å². The van der Waals surface area contributed by atoms with Gasteiger partial charge in [0.25, 0.3) is 0 Å². The van der Waals surface area contributed by atoms with Crippen LogP contribution in [0.25, 0.3) is 0 Å². The first-order valence-corrected chi connectivity index (χ1v) is 6.38. The highest BCUT2D eigenvalue weighted by atomic mass is 19.2. The lowest BCUT2D eigenvalue weighted by atomic mass is 10.3. The average molecular weight is 364 g/mol. The molecule has 0 aromatic heterocycles. The number of carbonyl (C=O) groups excluding carboxylic acids is 2. The second kappa shape index (κ2) is 7.24. The molecule has 0 aliphatic heterocycles. The first-order chi connectivity index (χ1) is 11.7. The number of benzene rings is 2. The maximum absolute atomic E-state index is 13.3. The first kappa shape index (κ1) is 18.3. The number of hydrogen-bond donors (Lipinski definition) is 0. The van der Waals surface area contributed by atoms with E-state index >= 15 is 0 Å². The standard InChI is InChI=1S/C15H6F6O4/c16-6-1-8(18)14(9(19)2-6)24-12(22)5-13(23)25-15-10(20)3-7(17)4-11(15)21/h1-4H,5H2. The molecule has 0 bridgehead atoms. The van der Waals surface area contributed by atoms with Gasteiger partial charge in [-0.3, -0.25) is 9.59 Å². The number of carbonyl (C=O) groups is 2. The minimum absolute atomic E-state index is 0.229. The van der Waals surface area contributed by atoms with Crippen molar-refractivity contribution >= 4 is 11.9 Å². The summed E-state index contributed by atoms with van der Waals surface area (Å²) in [6, 6.07) is 0.918. The quantitative estimate of drug-likeness (QED) is 0.361. The summed E-state index contributed by atoms with van der Waals surface area (Å²) in [4.78, 5) is 22.9. The van der Waals surface area contributed by atoms with E-state index in [-0.39, 0.29) is 24.3 Å². The van der Waals surface area contributed by atoms with E-state index in [0.717, 1.165) is 0 Å². The van der Waals surface area contributed by atoms with E-state index in [9.17, 15) is 35.9 Å². The van der Waals surface area contributed by atoms with Gasteiger partial charge in [-0.1, -0.05) is 0 Å². The predicted molar refractivity (Wildman–Crippen MR) is 68.5 cm³/mol. The van der Waals surface area contributed by atoms with Crippen molar-refractivity contribution in [3.8, 4) is 11.5 Å². The lowest BCUT2D eigenvalue weighted by Crippen LogP contribution is -2.20. The smallest absolute Gasteiger partial charge is 0.322 e. The van der Waals surface area contributed by atoms with Gasteiger partial charge in [-0.05, 0) is 0 Å². The summed E-state index contributed by atoms with van der Waals surface area (Å²) in [6.07, 6.45) is -1.29.